The summed E-state index contributed by atoms with van der Waals surface area (Å²) in [7, 11) is 0. The van der Waals surface area contributed by atoms with Crippen molar-refractivity contribution >= 4 is 5.91 Å². The second-order valence-electron chi connectivity index (χ2n) is 6.85. The van der Waals surface area contributed by atoms with Gasteiger partial charge in [-0.15, -0.1) is 0 Å². The molecule has 3 aromatic rings. The lowest BCUT2D eigenvalue weighted by Crippen LogP contribution is -2.41. The number of rotatable bonds is 6. The Morgan fingerprint density at radius 3 is 3.07 bits per heavy atom. The molecule has 8 nitrogen and oxygen atoms in total. The van der Waals surface area contributed by atoms with E-state index in [1.807, 2.05) is 33.9 Å². The van der Waals surface area contributed by atoms with Gasteiger partial charge in [0.25, 0.3) is 5.89 Å². The zero-order valence-electron chi connectivity index (χ0n) is 15.1. The highest BCUT2D eigenvalue weighted by Crippen LogP contribution is 2.22. The third-order valence-corrected chi connectivity index (χ3v) is 4.88. The number of amides is 1. The van der Waals surface area contributed by atoms with Crippen LogP contribution >= 0.6 is 0 Å². The fraction of sp³-hybridized carbons (Fsp3) is 0.421. The van der Waals surface area contributed by atoms with Crippen LogP contribution in [0.15, 0.2) is 47.6 Å². The molecule has 140 valence electrons. The van der Waals surface area contributed by atoms with Crippen molar-refractivity contribution in [2.75, 3.05) is 13.1 Å². The van der Waals surface area contributed by atoms with Gasteiger partial charge in [-0.05, 0) is 37.3 Å². The maximum absolute atomic E-state index is 12.5. The smallest absolute Gasteiger partial charge is 0.276 e. The van der Waals surface area contributed by atoms with E-state index in [-0.39, 0.29) is 5.91 Å². The quantitative estimate of drug-likeness (QED) is 0.664. The van der Waals surface area contributed by atoms with Crippen LogP contribution in [0.4, 0.5) is 0 Å². The molecule has 0 N–H and O–H groups in total. The number of aromatic nitrogens is 5. The summed E-state index contributed by atoms with van der Waals surface area (Å²) in [6.07, 6.45) is 10.7. The predicted molar refractivity (Wildman–Crippen MR) is 97.4 cm³/mol. The van der Waals surface area contributed by atoms with Gasteiger partial charge in [0.15, 0.2) is 5.82 Å². The van der Waals surface area contributed by atoms with Gasteiger partial charge in [-0.25, -0.2) is 4.98 Å². The van der Waals surface area contributed by atoms with E-state index in [2.05, 4.69) is 20.1 Å². The molecule has 0 spiro atoms. The summed E-state index contributed by atoms with van der Waals surface area (Å²) >= 11 is 0. The number of carbonyl (C=O) groups excluding carboxylic acids is 1. The molecule has 1 fully saturated rings. The maximum atomic E-state index is 12.5. The molecule has 1 aliphatic rings. The highest BCUT2D eigenvalue weighted by Gasteiger charge is 2.24. The Bertz CT molecular complexity index is 861. The second kappa shape index (κ2) is 8.11. The van der Waals surface area contributed by atoms with Crippen LogP contribution in [0.2, 0.25) is 0 Å². The van der Waals surface area contributed by atoms with Crippen LogP contribution in [0.25, 0.3) is 11.6 Å². The van der Waals surface area contributed by atoms with Crippen LogP contribution in [-0.2, 0) is 17.8 Å². The average Bonchev–Trinajstić information content (AvgIpc) is 3.39. The normalized spacial score (nSPS) is 17.2. The predicted octanol–water partition coefficient (Wildman–Crippen LogP) is 2.20. The lowest BCUT2D eigenvalue weighted by Gasteiger charge is -2.32. The lowest BCUT2D eigenvalue weighted by molar-refractivity contribution is -0.133. The molecule has 1 amide bonds. The number of carbonyl (C=O) groups is 1. The Kier molecular flexibility index (Phi) is 5.22. The van der Waals surface area contributed by atoms with Gasteiger partial charge >= 0.3 is 0 Å². The molecule has 3 aromatic heterocycles. The van der Waals surface area contributed by atoms with E-state index in [4.69, 9.17) is 4.52 Å². The first-order chi connectivity index (χ1) is 13.3. The van der Waals surface area contributed by atoms with E-state index < -0.39 is 0 Å². The first-order valence-electron chi connectivity index (χ1n) is 9.25. The minimum absolute atomic E-state index is 0.148. The molecular formula is C19H22N6O2. The molecule has 0 radical (unpaired) electrons. The van der Waals surface area contributed by atoms with Crippen LogP contribution in [0, 0.1) is 5.92 Å². The Morgan fingerprint density at radius 2 is 2.26 bits per heavy atom. The topological polar surface area (TPSA) is 89.9 Å². The zero-order valence-corrected chi connectivity index (χ0v) is 15.1. The molecular weight excluding hydrogens is 344 g/mol. The number of likely N-dealkylation sites (tertiary alicyclic amines) is 1. The van der Waals surface area contributed by atoms with Crippen molar-refractivity contribution in [2.24, 2.45) is 5.92 Å². The van der Waals surface area contributed by atoms with Crippen LogP contribution < -0.4 is 0 Å². The van der Waals surface area contributed by atoms with E-state index in [0.717, 1.165) is 38.8 Å². The SMILES string of the molecule is O=C(Cn1ccnc1)N1CCC[C@H](CCc2noc(-c3ccccn3)n2)C1. The fourth-order valence-corrected chi connectivity index (χ4v) is 3.45. The summed E-state index contributed by atoms with van der Waals surface area (Å²) < 4.78 is 7.12. The highest BCUT2D eigenvalue weighted by molar-refractivity contribution is 5.76. The van der Waals surface area contributed by atoms with Gasteiger partial charge in [-0.3, -0.25) is 9.78 Å². The summed E-state index contributed by atoms with van der Waals surface area (Å²) in [4.78, 5) is 27.1. The first kappa shape index (κ1) is 17.4. The number of piperidine rings is 1. The monoisotopic (exact) mass is 366 g/mol. The Hall–Kier alpha value is -3.03. The lowest BCUT2D eigenvalue weighted by atomic mass is 9.93. The Balaban J connectivity index is 1.29. The van der Waals surface area contributed by atoms with E-state index in [1.165, 1.54) is 0 Å². The number of imidazole rings is 1. The summed E-state index contributed by atoms with van der Waals surface area (Å²) in [5, 5.41) is 4.06. The summed E-state index contributed by atoms with van der Waals surface area (Å²) in [6, 6.07) is 5.59. The van der Waals surface area contributed by atoms with E-state index in [1.54, 1.807) is 18.7 Å². The minimum atomic E-state index is 0.148. The molecule has 0 saturated carbocycles. The van der Waals surface area contributed by atoms with E-state index in [0.29, 0.717) is 29.9 Å². The molecule has 0 aliphatic carbocycles. The van der Waals surface area contributed by atoms with Crippen molar-refractivity contribution in [1.29, 1.82) is 0 Å². The fourth-order valence-electron chi connectivity index (χ4n) is 3.45. The van der Waals surface area contributed by atoms with Crippen molar-refractivity contribution in [1.82, 2.24) is 29.6 Å². The molecule has 8 heteroatoms. The van der Waals surface area contributed by atoms with Crippen molar-refractivity contribution < 1.29 is 9.32 Å². The number of hydrogen-bond acceptors (Lipinski definition) is 6. The number of pyridine rings is 1. The average molecular weight is 366 g/mol. The minimum Gasteiger partial charge on any atom is -0.341 e. The molecule has 1 aliphatic heterocycles. The molecule has 4 rings (SSSR count). The first-order valence-corrected chi connectivity index (χ1v) is 9.25. The molecule has 1 atom stereocenters. The molecule has 1 saturated heterocycles. The molecule has 27 heavy (non-hydrogen) atoms. The zero-order chi connectivity index (χ0) is 18.5. The standard InChI is InChI=1S/C19H22N6O2/c26-18(13-24-11-9-20-14-24)25-10-3-4-15(12-25)6-7-17-22-19(27-23-17)16-5-1-2-8-21-16/h1-2,5,8-9,11,14-15H,3-4,6-7,10,12-13H2/t15-/m1/s1. The van der Waals surface area contributed by atoms with E-state index >= 15 is 0 Å². The Morgan fingerprint density at radius 1 is 1.30 bits per heavy atom. The molecule has 4 heterocycles. The third-order valence-electron chi connectivity index (χ3n) is 4.88. The van der Waals surface area contributed by atoms with Crippen molar-refractivity contribution in [3.8, 4) is 11.6 Å². The van der Waals surface area contributed by atoms with Crippen LogP contribution in [0.3, 0.4) is 0 Å². The van der Waals surface area contributed by atoms with Crippen molar-refractivity contribution in [3.63, 3.8) is 0 Å². The summed E-state index contributed by atoms with van der Waals surface area (Å²) in [6.45, 7) is 1.97. The van der Waals surface area contributed by atoms with Gasteiger partial charge < -0.3 is 14.0 Å². The third kappa shape index (κ3) is 4.39. The number of hydrogen-bond donors (Lipinski definition) is 0. The van der Waals surface area contributed by atoms with Crippen LogP contribution in [0.5, 0.6) is 0 Å². The van der Waals surface area contributed by atoms with Gasteiger partial charge in [0.05, 0.1) is 6.33 Å². The van der Waals surface area contributed by atoms with Crippen molar-refractivity contribution in [3.05, 3.63) is 48.9 Å². The van der Waals surface area contributed by atoms with E-state index in [9.17, 15) is 4.79 Å². The largest absolute Gasteiger partial charge is 0.341 e. The van der Waals surface area contributed by atoms with Crippen LogP contribution in [0.1, 0.15) is 25.1 Å². The molecule has 0 bridgehead atoms. The van der Waals surface area contributed by atoms with Crippen molar-refractivity contribution in [2.45, 2.75) is 32.2 Å². The molecule has 0 aromatic carbocycles. The van der Waals surface area contributed by atoms with Gasteiger partial charge in [-0.2, -0.15) is 4.98 Å². The second-order valence-corrected chi connectivity index (χ2v) is 6.85. The van der Waals surface area contributed by atoms with Gasteiger partial charge in [-0.1, -0.05) is 11.2 Å². The van der Waals surface area contributed by atoms with Gasteiger partial charge in [0.2, 0.25) is 5.91 Å². The van der Waals surface area contributed by atoms with Gasteiger partial charge in [0.1, 0.15) is 12.2 Å². The molecule has 0 unspecified atom stereocenters. The highest BCUT2D eigenvalue weighted by atomic mass is 16.5. The number of aryl methyl sites for hydroxylation is 1. The maximum Gasteiger partial charge on any atom is 0.276 e. The summed E-state index contributed by atoms with van der Waals surface area (Å²) in [5.74, 6) is 1.75. The Labute approximate surface area is 157 Å². The summed E-state index contributed by atoms with van der Waals surface area (Å²) in [5.41, 5.74) is 0.685. The van der Waals surface area contributed by atoms with Crippen LogP contribution in [-0.4, -0.2) is 48.6 Å². The van der Waals surface area contributed by atoms with Gasteiger partial charge in [0, 0.05) is 38.1 Å². The number of nitrogens with zero attached hydrogens (tertiary/aromatic N) is 6.